The largest absolute Gasteiger partial charge is 0.504 e. The van der Waals surface area contributed by atoms with Gasteiger partial charge < -0.3 is 5.11 Å². The summed E-state index contributed by atoms with van der Waals surface area (Å²) in [5, 5.41) is 26.0. The van der Waals surface area contributed by atoms with Crippen LogP contribution in [0.1, 0.15) is 27.3 Å². The predicted molar refractivity (Wildman–Crippen MR) is 82.6 cm³/mol. The van der Waals surface area contributed by atoms with Gasteiger partial charge in [-0.15, -0.1) is 10.2 Å². The molecule has 0 saturated carbocycles. The van der Waals surface area contributed by atoms with Crippen molar-refractivity contribution in [2.24, 2.45) is 0 Å². The van der Waals surface area contributed by atoms with Crippen LogP contribution in [-0.4, -0.2) is 31.5 Å². The second-order valence-corrected chi connectivity index (χ2v) is 5.49. The van der Waals surface area contributed by atoms with Crippen molar-refractivity contribution in [2.75, 3.05) is 0 Å². The Balaban J connectivity index is 1.83. The number of aliphatic hydroxyl groups is 1. The molecule has 0 saturated heterocycles. The number of aliphatic hydroxyl groups excluding tert-OH is 1. The van der Waals surface area contributed by atoms with E-state index in [2.05, 4.69) is 20.6 Å². The van der Waals surface area contributed by atoms with E-state index < -0.39 is 0 Å². The molecule has 0 amide bonds. The zero-order valence-corrected chi connectivity index (χ0v) is 12.5. The number of allylic oxidation sites excluding steroid dienone is 1. The molecule has 0 bridgehead atoms. The van der Waals surface area contributed by atoms with Crippen LogP contribution >= 0.6 is 11.3 Å². The quantitative estimate of drug-likeness (QED) is 0.426. The summed E-state index contributed by atoms with van der Waals surface area (Å²) in [7, 11) is 0. The summed E-state index contributed by atoms with van der Waals surface area (Å²) in [6, 6.07) is 6.22. The summed E-state index contributed by atoms with van der Waals surface area (Å²) < 4.78 is 13.3. The van der Waals surface area contributed by atoms with Gasteiger partial charge in [0.1, 0.15) is 5.82 Å². The summed E-state index contributed by atoms with van der Waals surface area (Å²) in [4.78, 5) is 12.3. The van der Waals surface area contributed by atoms with Crippen LogP contribution in [0.4, 0.5) is 4.39 Å². The predicted octanol–water partition coefficient (Wildman–Crippen LogP) is 2.77. The zero-order valence-electron chi connectivity index (χ0n) is 11.7. The van der Waals surface area contributed by atoms with E-state index in [1.54, 1.807) is 17.5 Å². The van der Waals surface area contributed by atoms with Crippen molar-refractivity contribution in [1.82, 2.24) is 20.6 Å². The standard InChI is InChI=1S/C15H11FN4O2S/c16-11-3-1-2-9(5-11)4-10-7-23-8-12(10)13(21)6-14(22)15-17-19-20-18-15/h1-3,5-8,22H,4H2,(H,17,18,19,20). The van der Waals surface area contributed by atoms with Crippen molar-refractivity contribution in [3.05, 3.63) is 69.4 Å². The number of H-pyrrole nitrogens is 1. The van der Waals surface area contributed by atoms with Crippen LogP contribution in [0.3, 0.4) is 0 Å². The Hall–Kier alpha value is -2.87. The third-order valence-corrected chi connectivity index (χ3v) is 3.93. The van der Waals surface area contributed by atoms with Gasteiger partial charge in [0.15, 0.2) is 11.5 Å². The van der Waals surface area contributed by atoms with Gasteiger partial charge in [-0.1, -0.05) is 12.1 Å². The van der Waals surface area contributed by atoms with E-state index in [0.717, 1.165) is 17.2 Å². The van der Waals surface area contributed by atoms with Gasteiger partial charge in [0, 0.05) is 17.0 Å². The number of tetrazole rings is 1. The highest BCUT2D eigenvalue weighted by Gasteiger charge is 2.14. The molecular weight excluding hydrogens is 319 g/mol. The number of halogens is 1. The molecule has 8 heteroatoms. The molecule has 3 aromatic rings. The number of thiophene rings is 1. The first-order valence-electron chi connectivity index (χ1n) is 6.62. The Kier molecular flexibility index (Phi) is 4.24. The SMILES string of the molecule is O=C(C=C(O)c1nn[nH]n1)c1cscc1Cc1cccc(F)c1. The Morgan fingerprint density at radius 3 is 3.00 bits per heavy atom. The average Bonchev–Trinajstić information content (AvgIpc) is 3.18. The van der Waals surface area contributed by atoms with E-state index >= 15 is 0 Å². The molecule has 23 heavy (non-hydrogen) atoms. The van der Waals surface area contributed by atoms with E-state index in [1.807, 2.05) is 5.38 Å². The molecule has 116 valence electrons. The number of ketones is 1. The topological polar surface area (TPSA) is 91.8 Å². The highest BCUT2D eigenvalue weighted by molar-refractivity contribution is 7.08. The molecule has 0 radical (unpaired) electrons. The lowest BCUT2D eigenvalue weighted by atomic mass is 10.0. The Morgan fingerprint density at radius 1 is 1.39 bits per heavy atom. The van der Waals surface area contributed by atoms with Gasteiger partial charge in [-0.3, -0.25) is 4.79 Å². The molecule has 0 aliphatic carbocycles. The maximum atomic E-state index is 13.3. The number of hydrogen-bond acceptors (Lipinski definition) is 6. The van der Waals surface area contributed by atoms with E-state index in [4.69, 9.17) is 0 Å². The summed E-state index contributed by atoms with van der Waals surface area (Å²) >= 11 is 1.37. The fourth-order valence-corrected chi connectivity index (χ4v) is 2.93. The third-order valence-electron chi connectivity index (χ3n) is 3.13. The first kappa shape index (κ1) is 15.0. The smallest absolute Gasteiger partial charge is 0.239 e. The summed E-state index contributed by atoms with van der Waals surface area (Å²) in [6.07, 6.45) is 1.47. The number of nitrogens with one attached hydrogen (secondary N) is 1. The minimum absolute atomic E-state index is 0.0553. The molecule has 0 atom stereocenters. The molecule has 2 aromatic heterocycles. The number of nitrogens with zero attached hydrogens (tertiary/aromatic N) is 3. The van der Waals surface area contributed by atoms with E-state index in [0.29, 0.717) is 12.0 Å². The van der Waals surface area contributed by atoms with Gasteiger partial charge in [-0.05, 0) is 40.3 Å². The average molecular weight is 330 g/mol. The van der Waals surface area contributed by atoms with Gasteiger partial charge >= 0.3 is 0 Å². The molecular formula is C15H11FN4O2S. The zero-order chi connectivity index (χ0) is 16.2. The molecule has 6 nitrogen and oxygen atoms in total. The van der Waals surface area contributed by atoms with Crippen LogP contribution in [0.15, 0.2) is 41.1 Å². The molecule has 0 fully saturated rings. The molecule has 0 aliphatic rings. The van der Waals surface area contributed by atoms with Crippen molar-refractivity contribution < 1.29 is 14.3 Å². The maximum Gasteiger partial charge on any atom is 0.239 e. The lowest BCUT2D eigenvalue weighted by molar-refractivity contribution is 0.104. The minimum Gasteiger partial charge on any atom is -0.504 e. The Bertz CT molecular complexity index is 858. The summed E-state index contributed by atoms with van der Waals surface area (Å²) in [5.74, 6) is -1.12. The van der Waals surface area contributed by atoms with Crippen LogP contribution in [0.25, 0.3) is 5.76 Å². The number of carbonyl (C=O) groups excluding carboxylic acids is 1. The monoisotopic (exact) mass is 330 g/mol. The third kappa shape index (κ3) is 3.49. The number of aromatic amines is 1. The van der Waals surface area contributed by atoms with Gasteiger partial charge in [-0.2, -0.15) is 16.6 Å². The van der Waals surface area contributed by atoms with E-state index in [1.165, 1.54) is 23.5 Å². The molecule has 0 unspecified atom stereocenters. The van der Waals surface area contributed by atoms with Crippen LogP contribution in [0.2, 0.25) is 0 Å². The van der Waals surface area contributed by atoms with E-state index in [-0.39, 0.29) is 23.2 Å². The molecule has 2 heterocycles. The van der Waals surface area contributed by atoms with Crippen LogP contribution in [0.5, 0.6) is 0 Å². The number of carbonyl (C=O) groups is 1. The fraction of sp³-hybridized carbons (Fsp3) is 0.0667. The fourth-order valence-electron chi connectivity index (χ4n) is 2.08. The van der Waals surface area contributed by atoms with Crippen molar-refractivity contribution in [1.29, 1.82) is 0 Å². The van der Waals surface area contributed by atoms with Crippen LogP contribution < -0.4 is 0 Å². The molecule has 0 aliphatic heterocycles. The molecule has 3 rings (SSSR count). The van der Waals surface area contributed by atoms with Crippen molar-refractivity contribution in [3.8, 4) is 0 Å². The number of rotatable bonds is 5. The van der Waals surface area contributed by atoms with Crippen molar-refractivity contribution in [3.63, 3.8) is 0 Å². The highest BCUT2D eigenvalue weighted by Crippen LogP contribution is 2.21. The van der Waals surface area contributed by atoms with Gasteiger partial charge in [-0.25, -0.2) is 4.39 Å². The number of benzene rings is 1. The molecule has 1 aromatic carbocycles. The van der Waals surface area contributed by atoms with Gasteiger partial charge in [0.2, 0.25) is 5.82 Å². The van der Waals surface area contributed by atoms with Crippen molar-refractivity contribution >= 4 is 22.9 Å². The first-order chi connectivity index (χ1) is 11.1. The lowest BCUT2D eigenvalue weighted by Crippen LogP contribution is -2.01. The Labute approximate surface area is 134 Å². The minimum atomic E-state index is -0.375. The van der Waals surface area contributed by atoms with Crippen LogP contribution in [0, 0.1) is 5.82 Å². The van der Waals surface area contributed by atoms with Gasteiger partial charge in [0.25, 0.3) is 0 Å². The van der Waals surface area contributed by atoms with Gasteiger partial charge in [0.05, 0.1) is 0 Å². The first-order valence-corrected chi connectivity index (χ1v) is 7.56. The van der Waals surface area contributed by atoms with Crippen molar-refractivity contribution in [2.45, 2.75) is 6.42 Å². The molecule has 2 N–H and O–H groups in total. The summed E-state index contributed by atoms with van der Waals surface area (Å²) in [5.41, 5.74) is 1.99. The normalized spacial score (nSPS) is 11.6. The highest BCUT2D eigenvalue weighted by atomic mass is 32.1. The Morgan fingerprint density at radius 2 is 2.26 bits per heavy atom. The second-order valence-electron chi connectivity index (χ2n) is 4.75. The maximum absolute atomic E-state index is 13.3. The lowest BCUT2D eigenvalue weighted by Gasteiger charge is -2.02. The summed E-state index contributed by atoms with van der Waals surface area (Å²) in [6.45, 7) is 0. The molecule has 0 spiro atoms. The number of hydrogen-bond donors (Lipinski definition) is 2. The number of aromatic nitrogens is 4. The van der Waals surface area contributed by atoms with E-state index in [9.17, 15) is 14.3 Å². The van der Waals surface area contributed by atoms with Crippen LogP contribution in [-0.2, 0) is 6.42 Å². The second kappa shape index (κ2) is 6.49.